The Morgan fingerprint density at radius 1 is 1.21 bits per heavy atom. The number of fused-ring (bicyclic) bond motifs is 1. The first kappa shape index (κ1) is 19.3. The van der Waals surface area contributed by atoms with E-state index in [9.17, 15) is 5.11 Å². The average Bonchev–Trinajstić information content (AvgIpc) is 3.48. The first-order chi connectivity index (χ1) is 14.3. The van der Waals surface area contributed by atoms with Crippen LogP contribution in [-0.2, 0) is 9.47 Å². The molecule has 1 aromatic rings. The molecule has 3 fully saturated rings. The van der Waals surface area contributed by atoms with E-state index in [0.29, 0.717) is 31.2 Å². The second kappa shape index (κ2) is 8.59. The van der Waals surface area contributed by atoms with Crippen LogP contribution in [0.3, 0.4) is 0 Å². The first-order valence-electron chi connectivity index (χ1n) is 11.0. The molecular weight excluding hydrogens is 372 g/mol. The highest BCUT2D eigenvalue weighted by Crippen LogP contribution is 2.32. The van der Waals surface area contributed by atoms with Gasteiger partial charge in [0.2, 0.25) is 0 Å². The Kier molecular flexibility index (Phi) is 5.72. The van der Waals surface area contributed by atoms with Crippen molar-refractivity contribution in [3.05, 3.63) is 11.9 Å². The van der Waals surface area contributed by atoms with E-state index in [1.165, 1.54) is 6.42 Å². The zero-order valence-corrected chi connectivity index (χ0v) is 16.8. The highest BCUT2D eigenvalue weighted by Gasteiger charge is 2.37. The van der Waals surface area contributed by atoms with Gasteiger partial charge in [-0.25, -0.2) is 0 Å². The fourth-order valence-electron chi connectivity index (χ4n) is 5.04. The van der Waals surface area contributed by atoms with Crippen molar-refractivity contribution in [2.45, 2.75) is 44.0 Å². The van der Waals surface area contributed by atoms with Crippen LogP contribution >= 0.6 is 0 Å². The summed E-state index contributed by atoms with van der Waals surface area (Å²) in [4.78, 5) is 7.49. The number of aliphatic hydroxyl groups is 1. The first-order valence-corrected chi connectivity index (χ1v) is 11.0. The lowest BCUT2D eigenvalue weighted by molar-refractivity contribution is 0.0266. The van der Waals surface area contributed by atoms with E-state index in [4.69, 9.17) is 14.5 Å². The zero-order chi connectivity index (χ0) is 19.6. The van der Waals surface area contributed by atoms with Crippen molar-refractivity contribution in [3.63, 3.8) is 0 Å². The Balaban J connectivity index is 1.19. The van der Waals surface area contributed by atoms with Crippen LogP contribution in [0.2, 0.25) is 0 Å². The standard InChI is InChI=1S/C20H32N6O3/c27-20(14-3-6-29-12-14)24-17-10-21-25-18(17)19-22-15-2-1-13(9-16(15)23-19)11-26-4-7-28-8-5-26/h10,13-16,20,24,27H,1-9,11-12H2,(H,21,25)(H,22,23). The average molecular weight is 405 g/mol. The summed E-state index contributed by atoms with van der Waals surface area (Å²) in [5, 5.41) is 24.6. The van der Waals surface area contributed by atoms with Crippen molar-refractivity contribution < 1.29 is 14.6 Å². The largest absolute Gasteiger partial charge is 0.381 e. The van der Waals surface area contributed by atoms with Crippen molar-refractivity contribution in [2.75, 3.05) is 51.4 Å². The van der Waals surface area contributed by atoms with Crippen LogP contribution in [-0.4, -0.2) is 90.4 Å². The number of nitrogens with zero attached hydrogens (tertiary/aromatic N) is 3. The molecule has 3 aliphatic heterocycles. The van der Waals surface area contributed by atoms with Crippen LogP contribution in [0, 0.1) is 11.8 Å². The third-order valence-electron chi connectivity index (χ3n) is 6.75. The monoisotopic (exact) mass is 404 g/mol. The fraction of sp³-hybridized carbons (Fsp3) is 0.800. The predicted molar refractivity (Wildman–Crippen MR) is 109 cm³/mol. The number of anilines is 1. The Morgan fingerprint density at radius 3 is 2.93 bits per heavy atom. The van der Waals surface area contributed by atoms with Gasteiger partial charge in [-0.2, -0.15) is 5.10 Å². The van der Waals surface area contributed by atoms with E-state index in [0.717, 1.165) is 69.3 Å². The van der Waals surface area contributed by atoms with Crippen LogP contribution < -0.4 is 10.6 Å². The summed E-state index contributed by atoms with van der Waals surface area (Å²) in [5.74, 6) is 1.68. The van der Waals surface area contributed by atoms with Crippen LogP contribution in [0.15, 0.2) is 11.2 Å². The number of morpholine rings is 1. The van der Waals surface area contributed by atoms with E-state index in [1.54, 1.807) is 6.20 Å². The lowest BCUT2D eigenvalue weighted by Crippen LogP contribution is -2.45. The maximum Gasteiger partial charge on any atom is 0.149 e. The van der Waals surface area contributed by atoms with Crippen molar-refractivity contribution in [3.8, 4) is 0 Å². The number of nitrogens with one attached hydrogen (secondary N) is 3. The van der Waals surface area contributed by atoms with Gasteiger partial charge < -0.3 is 25.2 Å². The number of aromatic nitrogens is 2. The number of hydrogen-bond donors (Lipinski definition) is 4. The molecule has 2 saturated heterocycles. The minimum Gasteiger partial charge on any atom is -0.381 e. The maximum atomic E-state index is 10.5. The van der Waals surface area contributed by atoms with Crippen LogP contribution in [0.25, 0.3) is 0 Å². The van der Waals surface area contributed by atoms with Gasteiger partial charge in [0, 0.05) is 32.2 Å². The van der Waals surface area contributed by atoms with Crippen molar-refractivity contribution in [1.29, 1.82) is 0 Å². The molecule has 4 N–H and O–H groups in total. The fourth-order valence-corrected chi connectivity index (χ4v) is 5.04. The topological polar surface area (TPSA) is 107 Å². The number of hydrogen-bond acceptors (Lipinski definition) is 8. The van der Waals surface area contributed by atoms with E-state index in [-0.39, 0.29) is 5.92 Å². The van der Waals surface area contributed by atoms with Gasteiger partial charge in [-0.3, -0.25) is 15.0 Å². The Hall–Kier alpha value is -1.68. The number of amidine groups is 1. The van der Waals surface area contributed by atoms with E-state index in [1.807, 2.05) is 0 Å². The second-order valence-corrected chi connectivity index (χ2v) is 8.76. The van der Waals surface area contributed by atoms with Gasteiger partial charge in [-0.15, -0.1) is 0 Å². The molecule has 5 rings (SSSR count). The molecule has 1 saturated carbocycles. The lowest BCUT2D eigenvalue weighted by atomic mass is 9.83. The van der Waals surface area contributed by atoms with Gasteiger partial charge in [-0.1, -0.05) is 0 Å². The number of aromatic amines is 1. The second-order valence-electron chi connectivity index (χ2n) is 8.76. The summed E-state index contributed by atoms with van der Waals surface area (Å²) in [6.45, 7) is 6.29. The molecule has 9 nitrogen and oxygen atoms in total. The van der Waals surface area contributed by atoms with Gasteiger partial charge >= 0.3 is 0 Å². The highest BCUT2D eigenvalue weighted by molar-refractivity contribution is 6.03. The minimum atomic E-state index is -0.643. The molecule has 4 aliphatic rings. The van der Waals surface area contributed by atoms with E-state index in [2.05, 4.69) is 25.7 Å². The van der Waals surface area contributed by atoms with E-state index < -0.39 is 6.23 Å². The summed E-state index contributed by atoms with van der Waals surface area (Å²) in [6, 6.07) is 0.712. The van der Waals surface area contributed by atoms with Crippen molar-refractivity contribution in [2.24, 2.45) is 16.8 Å². The van der Waals surface area contributed by atoms with E-state index >= 15 is 0 Å². The third kappa shape index (κ3) is 4.28. The Bertz CT molecular complexity index is 713. The third-order valence-corrected chi connectivity index (χ3v) is 6.75. The molecule has 5 atom stereocenters. The predicted octanol–water partition coefficient (Wildman–Crippen LogP) is 0.396. The molecule has 29 heavy (non-hydrogen) atoms. The van der Waals surface area contributed by atoms with Gasteiger partial charge in [0.15, 0.2) is 0 Å². The summed E-state index contributed by atoms with van der Waals surface area (Å²) in [7, 11) is 0. The quantitative estimate of drug-likeness (QED) is 0.508. The van der Waals surface area contributed by atoms with Gasteiger partial charge in [0.1, 0.15) is 17.8 Å². The minimum absolute atomic E-state index is 0.111. The van der Waals surface area contributed by atoms with Gasteiger partial charge in [0.05, 0.1) is 43.8 Å². The highest BCUT2D eigenvalue weighted by atomic mass is 16.5. The molecular formula is C20H32N6O3. The SMILES string of the molecule is OC(Nc1cn[nH]c1C1=NC2CCC(CN3CCOCC3)CC2N1)C1CCOC1. The number of rotatable bonds is 6. The smallest absolute Gasteiger partial charge is 0.149 e. The summed E-state index contributed by atoms with van der Waals surface area (Å²) >= 11 is 0. The molecule has 0 spiro atoms. The molecule has 0 amide bonds. The number of ether oxygens (including phenoxy) is 2. The number of aliphatic hydroxyl groups excluding tert-OH is 1. The normalized spacial score (nSPS) is 33.8. The van der Waals surface area contributed by atoms with Crippen molar-refractivity contribution >= 4 is 11.5 Å². The molecule has 0 aromatic carbocycles. The van der Waals surface area contributed by atoms with Crippen LogP contribution in [0.1, 0.15) is 31.4 Å². The Morgan fingerprint density at radius 2 is 2.10 bits per heavy atom. The maximum absolute atomic E-state index is 10.5. The van der Waals surface area contributed by atoms with Gasteiger partial charge in [0.25, 0.3) is 0 Å². The molecule has 4 heterocycles. The zero-order valence-electron chi connectivity index (χ0n) is 16.8. The molecule has 0 bridgehead atoms. The molecule has 160 valence electrons. The molecule has 9 heteroatoms. The van der Waals surface area contributed by atoms with Crippen LogP contribution in [0.5, 0.6) is 0 Å². The summed E-state index contributed by atoms with van der Waals surface area (Å²) < 4.78 is 10.9. The molecule has 5 unspecified atom stereocenters. The summed E-state index contributed by atoms with van der Waals surface area (Å²) in [6.07, 6.45) is 5.45. The molecule has 1 aromatic heterocycles. The van der Waals surface area contributed by atoms with Gasteiger partial charge in [-0.05, 0) is 31.6 Å². The lowest BCUT2D eigenvalue weighted by Gasteiger charge is -2.35. The number of H-pyrrole nitrogens is 1. The molecule has 1 aliphatic carbocycles. The molecule has 0 radical (unpaired) electrons. The Labute approximate surface area is 171 Å². The van der Waals surface area contributed by atoms with Crippen LogP contribution in [0.4, 0.5) is 5.69 Å². The number of aliphatic imine (C=N–C) groups is 1. The summed E-state index contributed by atoms with van der Waals surface area (Å²) in [5.41, 5.74) is 1.63. The van der Waals surface area contributed by atoms with Crippen molar-refractivity contribution in [1.82, 2.24) is 20.4 Å².